The van der Waals surface area contributed by atoms with Gasteiger partial charge in [-0.2, -0.15) is 0 Å². The molecule has 2 aromatic carbocycles. The third-order valence-electron chi connectivity index (χ3n) is 3.91. The summed E-state index contributed by atoms with van der Waals surface area (Å²) in [7, 11) is 4.65. The third-order valence-corrected chi connectivity index (χ3v) is 5.50. The van der Waals surface area contributed by atoms with Crippen LogP contribution in [0.25, 0.3) is 6.08 Å². The van der Waals surface area contributed by atoms with Gasteiger partial charge in [0.15, 0.2) is 15.8 Å². The van der Waals surface area contributed by atoms with Crippen LogP contribution in [0.2, 0.25) is 5.02 Å². The molecule has 0 aliphatic carbocycles. The summed E-state index contributed by atoms with van der Waals surface area (Å²) in [4.78, 5) is 14.9. The van der Waals surface area contributed by atoms with Gasteiger partial charge in [0, 0.05) is 5.56 Å². The molecule has 5 nitrogen and oxygen atoms in total. The smallest absolute Gasteiger partial charge is 0.270 e. The van der Waals surface area contributed by atoms with E-state index in [0.29, 0.717) is 37.2 Å². The number of thiocarbonyl (C=S) groups is 1. The second kappa shape index (κ2) is 8.21. The van der Waals surface area contributed by atoms with Crippen LogP contribution in [0.3, 0.4) is 0 Å². The van der Waals surface area contributed by atoms with E-state index >= 15 is 0 Å². The molecule has 0 unspecified atom stereocenters. The number of benzene rings is 2. The summed E-state index contributed by atoms with van der Waals surface area (Å²) < 4.78 is 16.3. The molecule has 27 heavy (non-hydrogen) atoms. The van der Waals surface area contributed by atoms with Gasteiger partial charge in [-0.1, -0.05) is 47.7 Å². The average molecular weight is 422 g/mol. The van der Waals surface area contributed by atoms with E-state index in [0.717, 1.165) is 5.56 Å². The van der Waals surface area contributed by atoms with Crippen LogP contribution in [0.15, 0.2) is 41.3 Å². The molecule has 1 saturated heterocycles. The summed E-state index contributed by atoms with van der Waals surface area (Å²) in [6.07, 6.45) is 1.74. The minimum absolute atomic E-state index is 0.226. The number of ether oxygens (including phenoxy) is 3. The van der Waals surface area contributed by atoms with E-state index in [4.69, 9.17) is 38.0 Å². The van der Waals surface area contributed by atoms with Gasteiger partial charge in [-0.3, -0.25) is 9.69 Å². The Morgan fingerprint density at radius 1 is 1.07 bits per heavy atom. The van der Waals surface area contributed by atoms with Crippen LogP contribution >= 0.6 is 35.6 Å². The Kier molecular flexibility index (Phi) is 5.94. The highest BCUT2D eigenvalue weighted by atomic mass is 35.5. The van der Waals surface area contributed by atoms with Crippen molar-refractivity contribution in [3.63, 3.8) is 0 Å². The molecule has 140 valence electrons. The zero-order valence-corrected chi connectivity index (χ0v) is 17.2. The van der Waals surface area contributed by atoms with Gasteiger partial charge < -0.3 is 14.2 Å². The maximum Gasteiger partial charge on any atom is 0.270 e. The quantitative estimate of drug-likeness (QED) is 0.512. The van der Waals surface area contributed by atoms with Crippen molar-refractivity contribution in [2.45, 2.75) is 0 Å². The molecule has 1 heterocycles. The molecule has 0 spiro atoms. The molecule has 1 aliphatic heterocycles. The fourth-order valence-corrected chi connectivity index (χ4v) is 4.19. The molecule has 0 saturated carbocycles. The van der Waals surface area contributed by atoms with Crippen LogP contribution in [0.1, 0.15) is 5.56 Å². The maximum atomic E-state index is 12.9. The SMILES string of the molecule is COc1ccc(N2C(=O)C(=Cc3cccc(OC)c3OC)SC2=S)cc1Cl. The lowest BCUT2D eigenvalue weighted by Gasteiger charge is -2.15. The number of hydrogen-bond acceptors (Lipinski definition) is 6. The zero-order valence-electron chi connectivity index (χ0n) is 14.8. The number of para-hydroxylation sites is 1. The topological polar surface area (TPSA) is 48.0 Å². The van der Waals surface area contributed by atoms with Gasteiger partial charge in [-0.05, 0) is 30.3 Å². The predicted molar refractivity (Wildman–Crippen MR) is 113 cm³/mol. The summed E-state index contributed by atoms with van der Waals surface area (Å²) in [6, 6.07) is 10.6. The minimum atomic E-state index is -0.226. The van der Waals surface area contributed by atoms with E-state index < -0.39 is 0 Å². The van der Waals surface area contributed by atoms with Crippen molar-refractivity contribution in [2.75, 3.05) is 26.2 Å². The van der Waals surface area contributed by atoms with Crippen molar-refractivity contribution in [2.24, 2.45) is 0 Å². The van der Waals surface area contributed by atoms with Crippen LogP contribution in [0, 0.1) is 0 Å². The van der Waals surface area contributed by atoms with Gasteiger partial charge in [0.05, 0.1) is 36.9 Å². The van der Waals surface area contributed by atoms with Gasteiger partial charge in [-0.25, -0.2) is 0 Å². The summed E-state index contributed by atoms with van der Waals surface area (Å²) >= 11 is 12.8. The molecule has 8 heteroatoms. The van der Waals surface area contributed by atoms with Crippen LogP contribution in [-0.4, -0.2) is 31.6 Å². The Morgan fingerprint density at radius 3 is 2.44 bits per heavy atom. The lowest BCUT2D eigenvalue weighted by Crippen LogP contribution is -2.27. The molecule has 3 rings (SSSR count). The Bertz CT molecular complexity index is 945. The van der Waals surface area contributed by atoms with Crippen molar-refractivity contribution in [3.05, 3.63) is 51.9 Å². The molecule has 1 aliphatic rings. The molecular formula is C19H16ClNO4S2. The third kappa shape index (κ3) is 3.76. The fraction of sp³-hybridized carbons (Fsp3) is 0.158. The predicted octanol–water partition coefficient (Wildman–Crippen LogP) is 4.77. The summed E-state index contributed by atoms with van der Waals surface area (Å²) in [5, 5.41) is 0.405. The molecule has 2 aromatic rings. The lowest BCUT2D eigenvalue weighted by molar-refractivity contribution is -0.113. The standard InChI is InChI=1S/C19H16ClNO4S2/c1-23-14-8-7-12(10-13(14)20)21-18(22)16(27-19(21)26)9-11-5-4-6-15(24-2)17(11)25-3/h4-10H,1-3H3. The first-order valence-electron chi connectivity index (χ1n) is 7.82. The Morgan fingerprint density at radius 2 is 1.81 bits per heavy atom. The first kappa shape index (κ1) is 19.5. The van der Waals surface area contributed by atoms with E-state index in [1.54, 1.807) is 44.6 Å². The molecule has 0 N–H and O–H groups in total. The van der Waals surface area contributed by atoms with Gasteiger partial charge in [-0.15, -0.1) is 0 Å². The fourth-order valence-electron chi connectivity index (χ4n) is 2.65. The van der Waals surface area contributed by atoms with E-state index in [9.17, 15) is 4.79 Å². The van der Waals surface area contributed by atoms with Crippen molar-refractivity contribution < 1.29 is 19.0 Å². The van der Waals surface area contributed by atoms with Gasteiger partial charge >= 0.3 is 0 Å². The first-order valence-corrected chi connectivity index (χ1v) is 9.43. The van der Waals surface area contributed by atoms with Crippen molar-refractivity contribution in [3.8, 4) is 17.2 Å². The monoisotopic (exact) mass is 421 g/mol. The summed E-state index contributed by atoms with van der Waals surface area (Å²) in [5.74, 6) is 1.44. The number of carbonyl (C=O) groups is 1. The van der Waals surface area contributed by atoms with E-state index in [2.05, 4.69) is 0 Å². The van der Waals surface area contributed by atoms with Crippen molar-refractivity contribution in [1.29, 1.82) is 0 Å². The largest absolute Gasteiger partial charge is 0.495 e. The van der Waals surface area contributed by atoms with E-state index in [1.807, 2.05) is 12.1 Å². The van der Waals surface area contributed by atoms with Crippen LogP contribution in [0.5, 0.6) is 17.2 Å². The number of amides is 1. The van der Waals surface area contributed by atoms with Gasteiger partial charge in [0.1, 0.15) is 5.75 Å². The minimum Gasteiger partial charge on any atom is -0.495 e. The molecule has 0 bridgehead atoms. The van der Waals surface area contributed by atoms with Crippen LogP contribution < -0.4 is 19.1 Å². The number of methoxy groups -OCH3 is 3. The molecule has 1 amide bonds. The number of thioether (sulfide) groups is 1. The van der Waals surface area contributed by atoms with Crippen molar-refractivity contribution >= 4 is 57.6 Å². The van der Waals surface area contributed by atoms with Crippen LogP contribution in [0.4, 0.5) is 5.69 Å². The van der Waals surface area contributed by atoms with Gasteiger partial charge in [0.2, 0.25) is 0 Å². The Hall–Kier alpha value is -2.22. The van der Waals surface area contributed by atoms with Crippen molar-refractivity contribution in [1.82, 2.24) is 0 Å². The molecular weight excluding hydrogens is 406 g/mol. The molecule has 0 atom stereocenters. The number of hydrogen-bond donors (Lipinski definition) is 0. The number of carbonyl (C=O) groups excluding carboxylic acids is 1. The zero-order chi connectivity index (χ0) is 19.6. The van der Waals surface area contributed by atoms with E-state index in [1.165, 1.54) is 23.8 Å². The molecule has 0 aromatic heterocycles. The second-order valence-electron chi connectivity index (χ2n) is 5.42. The maximum absolute atomic E-state index is 12.9. The average Bonchev–Trinajstić information content (AvgIpc) is 2.94. The van der Waals surface area contributed by atoms with Gasteiger partial charge in [0.25, 0.3) is 5.91 Å². The number of halogens is 1. The highest BCUT2D eigenvalue weighted by molar-refractivity contribution is 8.27. The number of nitrogens with zero attached hydrogens (tertiary/aromatic N) is 1. The summed E-state index contributed by atoms with van der Waals surface area (Å²) in [5.41, 5.74) is 1.31. The normalized spacial score (nSPS) is 15.4. The number of anilines is 1. The summed E-state index contributed by atoms with van der Waals surface area (Å²) in [6.45, 7) is 0. The highest BCUT2D eigenvalue weighted by Crippen LogP contribution is 2.40. The van der Waals surface area contributed by atoms with Crippen LogP contribution in [-0.2, 0) is 4.79 Å². The highest BCUT2D eigenvalue weighted by Gasteiger charge is 2.34. The Balaban J connectivity index is 1.97. The molecule has 0 radical (unpaired) electrons. The molecule has 1 fully saturated rings. The number of rotatable bonds is 5. The second-order valence-corrected chi connectivity index (χ2v) is 7.50. The lowest BCUT2D eigenvalue weighted by atomic mass is 10.1. The Labute approximate surface area is 171 Å². The van der Waals surface area contributed by atoms with E-state index in [-0.39, 0.29) is 5.91 Å². The first-order chi connectivity index (χ1) is 13.0.